The summed E-state index contributed by atoms with van der Waals surface area (Å²) in [6, 6.07) is 0. The molecule has 0 spiro atoms. The molecule has 0 saturated heterocycles. The second-order valence-corrected chi connectivity index (χ2v) is 2.31. The summed E-state index contributed by atoms with van der Waals surface area (Å²) in [7, 11) is 0. The molecule has 0 heterocycles. The summed E-state index contributed by atoms with van der Waals surface area (Å²) < 4.78 is 0. The van der Waals surface area contributed by atoms with Gasteiger partial charge < -0.3 is 25.5 Å². The maximum atomic E-state index is 10.5. The minimum Gasteiger partial charge on any atom is -0.394 e. The van der Waals surface area contributed by atoms with E-state index < -0.39 is 37.3 Å². The van der Waals surface area contributed by atoms with Crippen molar-refractivity contribution in [3.63, 3.8) is 0 Å². The Morgan fingerprint density at radius 1 is 1.17 bits per heavy atom. The summed E-state index contributed by atoms with van der Waals surface area (Å²) in [6.07, 6.45) is -5.22. The van der Waals surface area contributed by atoms with Crippen LogP contribution in [0.25, 0.3) is 0 Å². The molecule has 0 unspecified atom stereocenters. The lowest BCUT2D eigenvalue weighted by Crippen LogP contribution is -2.44. The van der Waals surface area contributed by atoms with Crippen LogP contribution in [0.2, 0.25) is 0 Å². The van der Waals surface area contributed by atoms with Gasteiger partial charge in [0.25, 0.3) is 0 Å². The van der Waals surface area contributed by atoms with Gasteiger partial charge in [-0.3, -0.25) is 4.79 Å². The monoisotopic (exact) mass is 181 g/mol. The third-order valence-electron chi connectivity index (χ3n) is 1.39. The van der Waals surface area contributed by atoms with Crippen LogP contribution in [0.1, 0.15) is 0 Å². The SMILES string of the molecule is O=[13C](CO)[C@H](O)[C@H](O)[C@H](O)CO. The summed E-state index contributed by atoms with van der Waals surface area (Å²) in [5.74, 6) is -1.00. The first-order valence-corrected chi connectivity index (χ1v) is 3.33. The quantitative estimate of drug-likeness (QED) is 0.282. The van der Waals surface area contributed by atoms with Gasteiger partial charge in [-0.2, -0.15) is 0 Å². The molecule has 6 nitrogen and oxygen atoms in total. The smallest absolute Gasteiger partial charge is 0.189 e. The number of hydrogen-bond donors (Lipinski definition) is 5. The summed E-state index contributed by atoms with van der Waals surface area (Å²) >= 11 is 0. The molecule has 72 valence electrons. The van der Waals surface area contributed by atoms with E-state index in [1.807, 2.05) is 0 Å². The Hall–Kier alpha value is -0.530. The zero-order valence-corrected chi connectivity index (χ0v) is 6.29. The van der Waals surface area contributed by atoms with Crippen LogP contribution >= 0.6 is 0 Å². The Morgan fingerprint density at radius 3 is 2.00 bits per heavy atom. The number of aliphatic hydroxyl groups is 5. The van der Waals surface area contributed by atoms with Crippen molar-refractivity contribution in [1.82, 2.24) is 0 Å². The van der Waals surface area contributed by atoms with E-state index in [1.54, 1.807) is 0 Å². The third kappa shape index (κ3) is 2.84. The van der Waals surface area contributed by atoms with E-state index in [4.69, 9.17) is 25.5 Å². The Bertz CT molecular complexity index is 147. The molecule has 0 amide bonds. The second-order valence-electron chi connectivity index (χ2n) is 2.31. The molecule has 0 aliphatic carbocycles. The third-order valence-corrected chi connectivity index (χ3v) is 1.39. The lowest BCUT2D eigenvalue weighted by atomic mass is 10.1. The Labute approximate surface area is 68.7 Å². The highest BCUT2D eigenvalue weighted by atomic mass is 16.4. The molecule has 0 rings (SSSR count). The highest BCUT2D eigenvalue weighted by molar-refractivity contribution is 5.84. The van der Waals surface area contributed by atoms with E-state index in [0.29, 0.717) is 0 Å². The van der Waals surface area contributed by atoms with E-state index in [-0.39, 0.29) is 0 Å². The zero-order valence-electron chi connectivity index (χ0n) is 6.29. The minimum absolute atomic E-state index is 0.767. The van der Waals surface area contributed by atoms with Crippen molar-refractivity contribution < 1.29 is 30.3 Å². The number of rotatable bonds is 5. The van der Waals surface area contributed by atoms with Gasteiger partial charge in [0.05, 0.1) is 6.61 Å². The number of ketones is 1. The number of aliphatic hydroxyl groups excluding tert-OH is 5. The van der Waals surface area contributed by atoms with E-state index in [1.165, 1.54) is 0 Å². The largest absolute Gasteiger partial charge is 0.394 e. The fourth-order valence-electron chi connectivity index (χ4n) is 0.602. The van der Waals surface area contributed by atoms with Crippen LogP contribution in [0.4, 0.5) is 0 Å². The Balaban J connectivity index is 4.08. The molecule has 12 heavy (non-hydrogen) atoms. The van der Waals surface area contributed by atoms with Gasteiger partial charge in [0.15, 0.2) is 5.78 Å². The zero-order chi connectivity index (χ0) is 9.72. The molecule has 0 aromatic heterocycles. The average Bonchev–Trinajstić information content (AvgIpc) is 2.12. The number of Topliss-reactive ketones (excluding diaryl/α,β-unsaturated/α-hetero) is 1. The van der Waals surface area contributed by atoms with Crippen LogP contribution in [-0.2, 0) is 4.79 Å². The minimum atomic E-state index is -1.86. The summed E-state index contributed by atoms with van der Waals surface area (Å²) in [5.41, 5.74) is 0. The van der Waals surface area contributed by atoms with Crippen LogP contribution in [0, 0.1) is 0 Å². The van der Waals surface area contributed by atoms with Gasteiger partial charge >= 0.3 is 0 Å². The van der Waals surface area contributed by atoms with Gasteiger partial charge in [0.2, 0.25) is 0 Å². The van der Waals surface area contributed by atoms with Crippen LogP contribution in [-0.4, -0.2) is 62.8 Å². The van der Waals surface area contributed by atoms with E-state index in [0.717, 1.165) is 0 Å². The highest BCUT2D eigenvalue weighted by Gasteiger charge is 2.28. The van der Waals surface area contributed by atoms with Gasteiger partial charge in [-0.15, -0.1) is 0 Å². The molecule has 0 saturated carbocycles. The van der Waals surface area contributed by atoms with Gasteiger partial charge in [0.1, 0.15) is 24.9 Å². The van der Waals surface area contributed by atoms with Crippen LogP contribution in [0.15, 0.2) is 0 Å². The molecule has 0 aliphatic rings. The lowest BCUT2D eigenvalue weighted by Gasteiger charge is -2.19. The summed E-state index contributed by atoms with van der Waals surface area (Å²) in [4.78, 5) is 10.5. The van der Waals surface area contributed by atoms with Crippen molar-refractivity contribution in [2.45, 2.75) is 18.3 Å². The number of hydrogen-bond acceptors (Lipinski definition) is 6. The van der Waals surface area contributed by atoms with Gasteiger partial charge in [-0.25, -0.2) is 0 Å². The van der Waals surface area contributed by atoms with Crippen LogP contribution < -0.4 is 0 Å². The van der Waals surface area contributed by atoms with E-state index in [2.05, 4.69) is 0 Å². The topological polar surface area (TPSA) is 118 Å². The predicted molar refractivity (Wildman–Crippen MR) is 37.2 cm³/mol. The first-order valence-electron chi connectivity index (χ1n) is 3.33. The van der Waals surface area contributed by atoms with Crippen molar-refractivity contribution in [3.8, 4) is 0 Å². The molecule has 0 bridgehead atoms. The van der Waals surface area contributed by atoms with E-state index >= 15 is 0 Å². The standard InChI is InChI=1S/C6H12O6/c7-1-3(9)5(11)6(12)4(10)2-8/h3,5-9,11-12H,1-2H2/t3-,5-,6+/m1/s1/i4+1. The highest BCUT2D eigenvalue weighted by Crippen LogP contribution is 2.00. The van der Waals surface area contributed by atoms with Gasteiger partial charge in [0, 0.05) is 0 Å². The number of carbonyl (C=O) groups excluding carboxylic acids is 1. The van der Waals surface area contributed by atoms with Crippen molar-refractivity contribution in [3.05, 3.63) is 0 Å². The number of carbonyl (C=O) groups is 1. The Morgan fingerprint density at radius 2 is 1.67 bits per heavy atom. The molecular formula is C6H12O6. The first kappa shape index (κ1) is 11.5. The maximum Gasteiger partial charge on any atom is 0.189 e. The molecule has 0 aromatic carbocycles. The molecule has 0 radical (unpaired) electrons. The molecule has 0 aromatic rings. The average molecular weight is 181 g/mol. The normalized spacial score (nSPS) is 18.4. The summed E-state index contributed by atoms with van der Waals surface area (Å²) in [5, 5.41) is 43.1. The fourth-order valence-corrected chi connectivity index (χ4v) is 0.602. The summed E-state index contributed by atoms with van der Waals surface area (Å²) in [6.45, 7) is -1.69. The molecule has 3 atom stereocenters. The first-order chi connectivity index (χ1) is 5.54. The van der Waals surface area contributed by atoms with Crippen LogP contribution in [0.3, 0.4) is 0 Å². The second kappa shape index (κ2) is 5.18. The van der Waals surface area contributed by atoms with Crippen molar-refractivity contribution >= 4 is 5.78 Å². The fraction of sp³-hybridized carbons (Fsp3) is 0.833. The Kier molecular flexibility index (Phi) is 4.95. The molecule has 0 fully saturated rings. The van der Waals surface area contributed by atoms with Gasteiger partial charge in [-0.05, 0) is 0 Å². The van der Waals surface area contributed by atoms with Crippen molar-refractivity contribution in [2.24, 2.45) is 0 Å². The molecule has 0 aliphatic heterocycles. The maximum absolute atomic E-state index is 10.5. The van der Waals surface area contributed by atoms with Crippen LogP contribution in [0.5, 0.6) is 0 Å². The molecule has 5 N–H and O–H groups in total. The predicted octanol–water partition coefficient (Wildman–Crippen LogP) is -3.38. The van der Waals surface area contributed by atoms with Crippen molar-refractivity contribution in [2.75, 3.05) is 13.2 Å². The molecular weight excluding hydrogens is 169 g/mol. The van der Waals surface area contributed by atoms with Crippen molar-refractivity contribution in [1.29, 1.82) is 0 Å². The van der Waals surface area contributed by atoms with Gasteiger partial charge in [-0.1, -0.05) is 0 Å². The lowest BCUT2D eigenvalue weighted by molar-refractivity contribution is -0.142. The molecule has 6 heteroatoms. The van der Waals surface area contributed by atoms with E-state index in [9.17, 15) is 4.79 Å².